The number of aliphatic carboxylic acids is 1. The summed E-state index contributed by atoms with van der Waals surface area (Å²) in [5.74, 6) is -1.45. The predicted molar refractivity (Wildman–Crippen MR) is 83.2 cm³/mol. The van der Waals surface area contributed by atoms with Crippen LogP contribution in [0.2, 0.25) is 0 Å². The molecule has 0 fully saturated rings. The summed E-state index contributed by atoms with van der Waals surface area (Å²) in [5, 5.41) is 13.0. The molecule has 0 aliphatic carbocycles. The summed E-state index contributed by atoms with van der Waals surface area (Å²) in [7, 11) is -3.73. The minimum absolute atomic E-state index is 0.0808. The lowest BCUT2D eigenvalue weighted by atomic mass is 9.98. The molecule has 1 amide bonds. The molecule has 0 radical (unpaired) electrons. The summed E-state index contributed by atoms with van der Waals surface area (Å²) in [5.41, 5.74) is -0.738. The van der Waals surface area contributed by atoms with E-state index in [2.05, 4.69) is 10.0 Å². The number of carbonyl (C=O) groups is 2. The molecular weight excluding hydrogens is 328 g/mol. The second kappa shape index (κ2) is 7.21. The molecule has 22 heavy (non-hydrogen) atoms. The lowest BCUT2D eigenvalue weighted by Gasteiger charge is -2.27. The molecule has 0 aromatic carbocycles. The van der Waals surface area contributed by atoms with Gasteiger partial charge in [0.25, 0.3) is 10.0 Å². The Morgan fingerprint density at radius 1 is 1.41 bits per heavy atom. The van der Waals surface area contributed by atoms with Gasteiger partial charge in [0.05, 0.1) is 6.04 Å². The molecule has 1 rings (SSSR count). The van der Waals surface area contributed by atoms with Gasteiger partial charge in [-0.15, -0.1) is 11.3 Å². The van der Waals surface area contributed by atoms with Crippen molar-refractivity contribution in [2.24, 2.45) is 0 Å². The first-order valence-corrected chi connectivity index (χ1v) is 8.99. The van der Waals surface area contributed by atoms with Crippen LogP contribution in [-0.2, 0) is 19.6 Å². The van der Waals surface area contributed by atoms with Crippen molar-refractivity contribution in [3.05, 3.63) is 17.5 Å². The molecule has 0 aliphatic heterocycles. The molecule has 0 spiro atoms. The van der Waals surface area contributed by atoms with Gasteiger partial charge in [0.2, 0.25) is 5.91 Å². The highest BCUT2D eigenvalue weighted by Gasteiger charge is 2.27. The number of sulfonamides is 1. The molecule has 1 heterocycles. The number of thiophene rings is 1. The van der Waals surface area contributed by atoms with Gasteiger partial charge in [-0.25, -0.2) is 8.42 Å². The quantitative estimate of drug-likeness (QED) is 0.653. The van der Waals surface area contributed by atoms with E-state index in [9.17, 15) is 18.0 Å². The lowest BCUT2D eigenvalue weighted by molar-refractivity contribution is -0.137. The summed E-state index contributed by atoms with van der Waals surface area (Å²) >= 11 is 1.06. The fourth-order valence-corrected chi connectivity index (χ4v) is 3.90. The van der Waals surface area contributed by atoms with E-state index in [4.69, 9.17) is 5.11 Å². The van der Waals surface area contributed by atoms with Gasteiger partial charge in [0.1, 0.15) is 4.21 Å². The highest BCUT2D eigenvalue weighted by atomic mass is 32.2. The van der Waals surface area contributed by atoms with E-state index in [-0.39, 0.29) is 17.1 Å². The van der Waals surface area contributed by atoms with Crippen molar-refractivity contribution in [2.75, 3.05) is 0 Å². The van der Waals surface area contributed by atoms with Gasteiger partial charge in [-0.2, -0.15) is 4.72 Å². The Morgan fingerprint density at radius 2 is 2.05 bits per heavy atom. The maximum atomic E-state index is 12.1. The van der Waals surface area contributed by atoms with Crippen molar-refractivity contribution in [3.63, 3.8) is 0 Å². The fraction of sp³-hybridized carbons (Fsp3) is 0.538. The summed E-state index contributed by atoms with van der Waals surface area (Å²) in [6.45, 7) is 4.82. The molecule has 3 N–H and O–H groups in total. The molecule has 1 unspecified atom stereocenters. The van der Waals surface area contributed by atoms with Gasteiger partial charge in [0.15, 0.2) is 0 Å². The predicted octanol–water partition coefficient (Wildman–Crippen LogP) is 1.17. The van der Waals surface area contributed by atoms with E-state index < -0.39 is 33.5 Å². The SMILES string of the molecule is CC(NS(=O)(=O)c1cccs1)C(=O)NC(C)(C)CCC(=O)O. The third-order valence-corrected chi connectivity index (χ3v) is 5.85. The van der Waals surface area contributed by atoms with Gasteiger partial charge in [-0.05, 0) is 38.6 Å². The number of amides is 1. The van der Waals surface area contributed by atoms with Gasteiger partial charge in [-0.1, -0.05) is 6.07 Å². The normalized spacial score (nSPS) is 13.6. The Bertz CT molecular complexity index is 623. The topological polar surface area (TPSA) is 113 Å². The Labute approximate surface area is 133 Å². The number of hydrogen-bond donors (Lipinski definition) is 3. The van der Waals surface area contributed by atoms with Crippen LogP contribution in [0.3, 0.4) is 0 Å². The number of nitrogens with one attached hydrogen (secondary N) is 2. The first-order chi connectivity index (χ1) is 10.0. The minimum Gasteiger partial charge on any atom is -0.481 e. The maximum absolute atomic E-state index is 12.1. The van der Waals surface area contributed by atoms with Gasteiger partial charge >= 0.3 is 5.97 Å². The van der Waals surface area contributed by atoms with Crippen LogP contribution < -0.4 is 10.0 Å². The molecule has 1 atom stereocenters. The number of hydrogen-bond acceptors (Lipinski definition) is 5. The van der Waals surface area contributed by atoms with Crippen molar-refractivity contribution in [1.82, 2.24) is 10.0 Å². The van der Waals surface area contributed by atoms with E-state index in [1.54, 1.807) is 25.3 Å². The van der Waals surface area contributed by atoms with Crippen LogP contribution in [0, 0.1) is 0 Å². The van der Waals surface area contributed by atoms with Gasteiger partial charge < -0.3 is 10.4 Å². The van der Waals surface area contributed by atoms with Crippen LogP contribution in [0.4, 0.5) is 0 Å². The number of carbonyl (C=O) groups excluding carboxylic acids is 1. The van der Waals surface area contributed by atoms with Crippen LogP contribution in [0.1, 0.15) is 33.6 Å². The highest BCUT2D eigenvalue weighted by Crippen LogP contribution is 2.16. The Balaban J connectivity index is 2.64. The molecule has 1 aromatic heterocycles. The average Bonchev–Trinajstić information content (AvgIpc) is 2.90. The zero-order valence-corrected chi connectivity index (χ0v) is 14.3. The van der Waals surface area contributed by atoms with Crippen LogP contribution in [0.15, 0.2) is 21.7 Å². The van der Waals surface area contributed by atoms with E-state index in [1.165, 1.54) is 13.0 Å². The van der Waals surface area contributed by atoms with Crippen molar-refractivity contribution in [1.29, 1.82) is 0 Å². The smallest absolute Gasteiger partial charge is 0.303 e. The van der Waals surface area contributed by atoms with Crippen LogP contribution >= 0.6 is 11.3 Å². The van der Waals surface area contributed by atoms with Gasteiger partial charge in [0, 0.05) is 12.0 Å². The molecular formula is C13H20N2O5S2. The number of rotatable bonds is 8. The van der Waals surface area contributed by atoms with Gasteiger partial charge in [-0.3, -0.25) is 9.59 Å². The highest BCUT2D eigenvalue weighted by molar-refractivity contribution is 7.91. The van der Waals surface area contributed by atoms with E-state index in [0.29, 0.717) is 0 Å². The number of carboxylic acid groups (broad SMARTS) is 1. The monoisotopic (exact) mass is 348 g/mol. The summed E-state index contributed by atoms with van der Waals surface area (Å²) in [4.78, 5) is 22.6. The largest absolute Gasteiger partial charge is 0.481 e. The van der Waals surface area contributed by atoms with E-state index >= 15 is 0 Å². The second-order valence-electron chi connectivity index (χ2n) is 5.54. The molecule has 124 valence electrons. The third-order valence-electron chi connectivity index (χ3n) is 2.91. The van der Waals surface area contributed by atoms with Crippen LogP contribution in [0.25, 0.3) is 0 Å². The first kappa shape index (κ1) is 18.6. The minimum atomic E-state index is -3.73. The maximum Gasteiger partial charge on any atom is 0.303 e. The average molecular weight is 348 g/mol. The lowest BCUT2D eigenvalue weighted by Crippen LogP contribution is -2.52. The van der Waals surface area contributed by atoms with Crippen LogP contribution in [0.5, 0.6) is 0 Å². The molecule has 1 aromatic rings. The van der Waals surface area contributed by atoms with Crippen molar-refractivity contribution in [3.8, 4) is 0 Å². The zero-order valence-electron chi connectivity index (χ0n) is 12.6. The second-order valence-corrected chi connectivity index (χ2v) is 8.43. The number of carboxylic acids is 1. The summed E-state index contributed by atoms with van der Waals surface area (Å²) in [6.07, 6.45) is 0.168. The zero-order chi connectivity index (χ0) is 17.0. The van der Waals surface area contributed by atoms with E-state index in [0.717, 1.165) is 11.3 Å². The standard InChI is InChI=1S/C13H20N2O5S2/c1-9(15-22(19,20)11-5-4-8-21-11)12(18)14-13(2,3)7-6-10(16)17/h4-5,8-9,15H,6-7H2,1-3H3,(H,14,18)(H,16,17). The Morgan fingerprint density at radius 3 is 2.55 bits per heavy atom. The van der Waals surface area contributed by atoms with Crippen molar-refractivity contribution >= 4 is 33.2 Å². The first-order valence-electron chi connectivity index (χ1n) is 6.63. The van der Waals surface area contributed by atoms with E-state index in [1.807, 2.05) is 0 Å². The summed E-state index contributed by atoms with van der Waals surface area (Å²) in [6, 6.07) is 2.10. The Kier molecular flexibility index (Phi) is 6.09. The summed E-state index contributed by atoms with van der Waals surface area (Å²) < 4.78 is 26.5. The third kappa shape index (κ3) is 5.74. The molecule has 0 saturated carbocycles. The van der Waals surface area contributed by atoms with Crippen molar-refractivity contribution < 1.29 is 23.1 Å². The Hall–Kier alpha value is -1.45. The molecule has 0 saturated heterocycles. The molecule has 0 bridgehead atoms. The van der Waals surface area contributed by atoms with Crippen LogP contribution in [-0.4, -0.2) is 37.0 Å². The molecule has 9 heteroatoms. The fourth-order valence-electron chi connectivity index (χ4n) is 1.68. The molecule has 0 aliphatic rings. The molecule has 7 nitrogen and oxygen atoms in total. The van der Waals surface area contributed by atoms with Crippen molar-refractivity contribution in [2.45, 2.75) is 49.4 Å².